The van der Waals surface area contributed by atoms with E-state index in [2.05, 4.69) is 14.9 Å². The third-order valence-electron chi connectivity index (χ3n) is 1.63. The lowest BCUT2D eigenvalue weighted by molar-refractivity contribution is 0.575. The molecule has 0 aliphatic rings. The first-order chi connectivity index (χ1) is 6.61. The predicted molar refractivity (Wildman–Crippen MR) is 53.6 cm³/mol. The molecule has 80 valence electrons. The zero-order chi connectivity index (χ0) is 10.6. The average Bonchev–Trinajstić information content (AvgIpc) is 2.63. The molecule has 0 saturated heterocycles. The molecule has 0 saturated carbocycles. The highest BCUT2D eigenvalue weighted by Gasteiger charge is 2.19. The number of sulfonamides is 1. The maximum atomic E-state index is 11.6. The minimum Gasteiger partial charge on any atom is -0.266 e. The first kappa shape index (κ1) is 11.5. The van der Waals surface area contributed by atoms with Gasteiger partial charge in [-0.05, 0) is 6.42 Å². The second-order valence-corrected chi connectivity index (χ2v) is 4.73. The monoisotopic (exact) mass is 237 g/mol. The summed E-state index contributed by atoms with van der Waals surface area (Å²) in [5, 5.41) is 6.12. The van der Waals surface area contributed by atoms with Crippen LogP contribution in [0.3, 0.4) is 0 Å². The molecule has 1 heterocycles. The van der Waals surface area contributed by atoms with Crippen LogP contribution in [0.1, 0.15) is 18.9 Å². The highest BCUT2D eigenvalue weighted by Crippen LogP contribution is 2.13. The summed E-state index contributed by atoms with van der Waals surface area (Å²) in [5.74, 6) is 0.124. The second kappa shape index (κ2) is 4.77. The van der Waals surface area contributed by atoms with Gasteiger partial charge in [-0.15, -0.1) is 11.6 Å². The Bertz CT molecular complexity index is 387. The summed E-state index contributed by atoms with van der Waals surface area (Å²) in [6.45, 7) is 2.29. The molecule has 0 bridgehead atoms. The summed E-state index contributed by atoms with van der Waals surface area (Å²) < 4.78 is 25.6. The number of nitrogens with zero attached hydrogens (tertiary/aromatic N) is 1. The van der Waals surface area contributed by atoms with Crippen LogP contribution in [0.25, 0.3) is 0 Å². The molecule has 0 aliphatic carbocycles. The van der Waals surface area contributed by atoms with Crippen LogP contribution in [-0.2, 0) is 15.9 Å². The number of halogens is 1. The molecule has 2 N–H and O–H groups in total. The minimum atomic E-state index is -3.47. The Morgan fingerprint density at radius 2 is 2.36 bits per heavy atom. The Balaban J connectivity index is 2.92. The summed E-state index contributed by atoms with van der Waals surface area (Å²) in [5.41, 5.74) is 0.482. The van der Waals surface area contributed by atoms with Crippen molar-refractivity contribution in [2.75, 3.05) is 6.54 Å². The molecule has 0 aromatic carbocycles. The lowest BCUT2D eigenvalue weighted by Crippen LogP contribution is -2.25. The predicted octanol–water partition coefficient (Wildman–Crippen LogP) is 0.837. The largest absolute Gasteiger partial charge is 0.266 e. The van der Waals surface area contributed by atoms with E-state index in [9.17, 15) is 8.42 Å². The molecule has 14 heavy (non-hydrogen) atoms. The standard InChI is InChI=1S/C7H12ClN3O2S/c1-2-3-10-14(12,13)7-6(4-8)5-9-11-7/h5,10H,2-4H2,1H3,(H,9,11). The first-order valence-corrected chi connectivity index (χ1v) is 6.21. The van der Waals surface area contributed by atoms with Crippen LogP contribution < -0.4 is 4.72 Å². The summed E-state index contributed by atoms with van der Waals surface area (Å²) in [4.78, 5) is 0. The third kappa shape index (κ3) is 2.46. The molecule has 7 heteroatoms. The Morgan fingerprint density at radius 3 is 2.93 bits per heavy atom. The zero-order valence-corrected chi connectivity index (χ0v) is 9.32. The van der Waals surface area contributed by atoms with Gasteiger partial charge in [0.05, 0.1) is 12.1 Å². The summed E-state index contributed by atoms with van der Waals surface area (Å²) in [7, 11) is -3.47. The normalized spacial score (nSPS) is 11.9. The molecule has 0 amide bonds. The average molecular weight is 238 g/mol. The van der Waals surface area contributed by atoms with Gasteiger partial charge in [0, 0.05) is 12.1 Å². The van der Waals surface area contributed by atoms with Crippen molar-refractivity contribution in [1.29, 1.82) is 0 Å². The van der Waals surface area contributed by atoms with Gasteiger partial charge < -0.3 is 0 Å². The Kier molecular flexibility index (Phi) is 3.91. The quantitative estimate of drug-likeness (QED) is 0.746. The van der Waals surface area contributed by atoms with Gasteiger partial charge in [-0.2, -0.15) is 5.10 Å². The van der Waals surface area contributed by atoms with E-state index in [-0.39, 0.29) is 10.9 Å². The van der Waals surface area contributed by atoms with Crippen molar-refractivity contribution < 1.29 is 8.42 Å². The molecule has 0 fully saturated rings. The molecule has 0 unspecified atom stereocenters. The van der Waals surface area contributed by atoms with Crippen molar-refractivity contribution >= 4 is 21.6 Å². The van der Waals surface area contributed by atoms with E-state index in [0.29, 0.717) is 12.1 Å². The van der Waals surface area contributed by atoms with E-state index in [1.165, 1.54) is 6.20 Å². The number of nitrogens with one attached hydrogen (secondary N) is 2. The summed E-state index contributed by atoms with van der Waals surface area (Å²) in [6, 6.07) is 0. The highest BCUT2D eigenvalue weighted by atomic mass is 35.5. The Labute approximate surface area is 87.9 Å². The molecule has 1 aromatic heterocycles. The third-order valence-corrected chi connectivity index (χ3v) is 3.40. The molecular formula is C7H12ClN3O2S. The topological polar surface area (TPSA) is 74.8 Å². The van der Waals surface area contributed by atoms with E-state index in [4.69, 9.17) is 11.6 Å². The number of hydrogen-bond donors (Lipinski definition) is 2. The molecule has 1 rings (SSSR count). The van der Waals surface area contributed by atoms with Gasteiger partial charge >= 0.3 is 0 Å². The van der Waals surface area contributed by atoms with E-state index < -0.39 is 10.0 Å². The number of rotatable bonds is 5. The van der Waals surface area contributed by atoms with Gasteiger partial charge in [0.15, 0.2) is 5.03 Å². The van der Waals surface area contributed by atoms with Crippen molar-refractivity contribution in [3.8, 4) is 0 Å². The van der Waals surface area contributed by atoms with Gasteiger partial charge in [-0.1, -0.05) is 6.92 Å². The van der Waals surface area contributed by atoms with Gasteiger partial charge in [0.2, 0.25) is 0 Å². The van der Waals surface area contributed by atoms with Gasteiger partial charge in [-0.3, -0.25) is 5.10 Å². The van der Waals surface area contributed by atoms with Crippen LogP contribution >= 0.6 is 11.6 Å². The fourth-order valence-electron chi connectivity index (χ4n) is 0.936. The zero-order valence-electron chi connectivity index (χ0n) is 7.75. The Hall–Kier alpha value is -0.590. The molecule has 0 aliphatic heterocycles. The lowest BCUT2D eigenvalue weighted by atomic mass is 10.4. The van der Waals surface area contributed by atoms with E-state index in [1.54, 1.807) is 0 Å². The van der Waals surface area contributed by atoms with Crippen molar-refractivity contribution in [3.05, 3.63) is 11.8 Å². The van der Waals surface area contributed by atoms with Crippen LogP contribution in [0.15, 0.2) is 11.2 Å². The van der Waals surface area contributed by atoms with Crippen LogP contribution in [0.5, 0.6) is 0 Å². The van der Waals surface area contributed by atoms with Crippen LogP contribution in [0, 0.1) is 0 Å². The summed E-state index contributed by atoms with van der Waals surface area (Å²) in [6.07, 6.45) is 2.15. The van der Waals surface area contributed by atoms with Crippen molar-refractivity contribution in [1.82, 2.24) is 14.9 Å². The van der Waals surface area contributed by atoms with Crippen LogP contribution in [0.4, 0.5) is 0 Å². The van der Waals surface area contributed by atoms with E-state index in [1.807, 2.05) is 6.92 Å². The minimum absolute atomic E-state index is 0.0564. The number of aromatic amines is 1. The molecule has 5 nitrogen and oxygen atoms in total. The number of H-pyrrole nitrogens is 1. The fraction of sp³-hybridized carbons (Fsp3) is 0.571. The molecule has 0 radical (unpaired) electrons. The van der Waals surface area contributed by atoms with Crippen molar-refractivity contribution in [2.45, 2.75) is 24.3 Å². The van der Waals surface area contributed by atoms with E-state index in [0.717, 1.165) is 6.42 Å². The summed E-state index contributed by atoms with van der Waals surface area (Å²) >= 11 is 5.56. The smallest absolute Gasteiger partial charge is 0.257 e. The molecule has 1 aromatic rings. The van der Waals surface area contributed by atoms with Gasteiger partial charge in [-0.25, -0.2) is 13.1 Å². The van der Waals surface area contributed by atoms with Crippen LogP contribution in [0.2, 0.25) is 0 Å². The maximum absolute atomic E-state index is 11.6. The van der Waals surface area contributed by atoms with Gasteiger partial charge in [0.1, 0.15) is 0 Å². The SMILES string of the molecule is CCCNS(=O)(=O)c1[nH]ncc1CCl. The fourth-order valence-corrected chi connectivity index (χ4v) is 2.48. The van der Waals surface area contributed by atoms with Crippen molar-refractivity contribution in [2.24, 2.45) is 0 Å². The van der Waals surface area contributed by atoms with Crippen molar-refractivity contribution in [3.63, 3.8) is 0 Å². The highest BCUT2D eigenvalue weighted by molar-refractivity contribution is 7.89. The number of aromatic nitrogens is 2. The second-order valence-electron chi connectivity index (χ2n) is 2.76. The number of alkyl halides is 1. The maximum Gasteiger partial charge on any atom is 0.257 e. The lowest BCUT2D eigenvalue weighted by Gasteiger charge is -2.03. The molecule has 0 atom stereocenters. The Morgan fingerprint density at radius 1 is 1.64 bits per heavy atom. The van der Waals surface area contributed by atoms with Crippen LogP contribution in [-0.4, -0.2) is 25.2 Å². The first-order valence-electron chi connectivity index (χ1n) is 4.19. The van der Waals surface area contributed by atoms with Gasteiger partial charge in [0.25, 0.3) is 10.0 Å². The number of hydrogen-bond acceptors (Lipinski definition) is 3. The van der Waals surface area contributed by atoms with E-state index >= 15 is 0 Å². The molecule has 0 spiro atoms. The molecular weight excluding hydrogens is 226 g/mol.